The van der Waals surface area contributed by atoms with Crippen molar-refractivity contribution >= 4 is 17.2 Å². The molecule has 2 rings (SSSR count). The topological polar surface area (TPSA) is 55.1 Å². The van der Waals surface area contributed by atoms with Crippen molar-refractivity contribution in [1.82, 2.24) is 5.32 Å². The molecule has 1 unspecified atom stereocenters. The molecule has 1 heterocycles. The Kier molecular flexibility index (Phi) is 4.71. The first kappa shape index (κ1) is 13.8. The number of nitrogens with one attached hydrogen (secondary N) is 1. The number of amides is 1. The molecule has 0 aliphatic heterocycles. The molecule has 0 saturated carbocycles. The molecule has 0 saturated heterocycles. The van der Waals surface area contributed by atoms with E-state index in [0.29, 0.717) is 6.54 Å². The Labute approximate surface area is 117 Å². The summed E-state index contributed by atoms with van der Waals surface area (Å²) in [7, 11) is 0. The Hall–Kier alpha value is -1.65. The summed E-state index contributed by atoms with van der Waals surface area (Å²) >= 11 is 1.55. The molecule has 3 N–H and O–H groups in total. The maximum atomic E-state index is 11.9. The second kappa shape index (κ2) is 6.50. The SMILES string of the molecule is Cc1cscc1C(=O)NCCC(N)c1ccccc1. The fourth-order valence-corrected chi connectivity index (χ4v) is 2.72. The first-order valence-corrected chi connectivity index (χ1v) is 7.24. The van der Waals surface area contributed by atoms with E-state index in [9.17, 15) is 4.79 Å². The van der Waals surface area contributed by atoms with Crippen molar-refractivity contribution in [3.05, 3.63) is 57.8 Å². The fraction of sp³-hybridized carbons (Fsp3) is 0.267. The molecule has 100 valence electrons. The summed E-state index contributed by atoms with van der Waals surface area (Å²) in [6.07, 6.45) is 0.735. The summed E-state index contributed by atoms with van der Waals surface area (Å²) in [4.78, 5) is 11.9. The third kappa shape index (κ3) is 3.66. The van der Waals surface area contributed by atoms with Gasteiger partial charge in [0.05, 0.1) is 5.56 Å². The predicted octanol–water partition coefficient (Wildman–Crippen LogP) is 2.88. The number of thiophene rings is 1. The molecule has 1 amide bonds. The van der Waals surface area contributed by atoms with Gasteiger partial charge in [0, 0.05) is 18.0 Å². The van der Waals surface area contributed by atoms with Gasteiger partial charge in [0.1, 0.15) is 0 Å². The van der Waals surface area contributed by atoms with Gasteiger partial charge in [-0.15, -0.1) is 0 Å². The Balaban J connectivity index is 1.81. The molecule has 1 aromatic carbocycles. The lowest BCUT2D eigenvalue weighted by molar-refractivity contribution is 0.0952. The van der Waals surface area contributed by atoms with Gasteiger partial charge in [0.15, 0.2) is 0 Å². The number of nitrogens with two attached hydrogens (primary N) is 1. The largest absolute Gasteiger partial charge is 0.352 e. The Morgan fingerprint density at radius 3 is 2.68 bits per heavy atom. The van der Waals surface area contributed by atoms with Gasteiger partial charge in [-0.2, -0.15) is 11.3 Å². The Morgan fingerprint density at radius 1 is 1.32 bits per heavy atom. The van der Waals surface area contributed by atoms with Crippen molar-refractivity contribution < 1.29 is 4.79 Å². The summed E-state index contributed by atoms with van der Waals surface area (Å²) in [5, 5.41) is 6.77. The number of rotatable bonds is 5. The van der Waals surface area contributed by atoms with Gasteiger partial charge in [-0.1, -0.05) is 30.3 Å². The van der Waals surface area contributed by atoms with Crippen LogP contribution < -0.4 is 11.1 Å². The lowest BCUT2D eigenvalue weighted by Crippen LogP contribution is -2.27. The van der Waals surface area contributed by atoms with Crippen molar-refractivity contribution in [3.63, 3.8) is 0 Å². The van der Waals surface area contributed by atoms with Crippen LogP contribution in [0.3, 0.4) is 0 Å². The van der Waals surface area contributed by atoms with E-state index in [-0.39, 0.29) is 11.9 Å². The van der Waals surface area contributed by atoms with E-state index >= 15 is 0 Å². The van der Waals surface area contributed by atoms with Gasteiger partial charge >= 0.3 is 0 Å². The highest BCUT2D eigenvalue weighted by Gasteiger charge is 2.10. The van der Waals surface area contributed by atoms with Crippen LogP contribution in [0, 0.1) is 6.92 Å². The Morgan fingerprint density at radius 2 is 2.05 bits per heavy atom. The van der Waals surface area contributed by atoms with Crippen LogP contribution in [-0.4, -0.2) is 12.5 Å². The zero-order chi connectivity index (χ0) is 13.7. The van der Waals surface area contributed by atoms with E-state index in [2.05, 4.69) is 5.32 Å². The van der Waals surface area contributed by atoms with E-state index in [1.807, 2.05) is 48.0 Å². The monoisotopic (exact) mass is 274 g/mol. The van der Waals surface area contributed by atoms with Gasteiger partial charge in [0.25, 0.3) is 5.91 Å². The number of benzene rings is 1. The van der Waals surface area contributed by atoms with Crippen molar-refractivity contribution in [3.8, 4) is 0 Å². The second-order valence-corrected chi connectivity index (χ2v) is 5.27. The van der Waals surface area contributed by atoms with Crippen molar-refractivity contribution in [2.24, 2.45) is 5.73 Å². The third-order valence-corrected chi connectivity index (χ3v) is 3.93. The van der Waals surface area contributed by atoms with Crippen LogP contribution in [0.1, 0.15) is 33.9 Å². The molecular formula is C15H18N2OS. The van der Waals surface area contributed by atoms with E-state index in [1.54, 1.807) is 11.3 Å². The van der Waals surface area contributed by atoms with Gasteiger partial charge in [-0.25, -0.2) is 0 Å². The molecule has 1 atom stereocenters. The van der Waals surface area contributed by atoms with Crippen LogP contribution in [0.15, 0.2) is 41.1 Å². The minimum Gasteiger partial charge on any atom is -0.352 e. The highest BCUT2D eigenvalue weighted by molar-refractivity contribution is 7.08. The maximum Gasteiger partial charge on any atom is 0.252 e. The summed E-state index contributed by atoms with van der Waals surface area (Å²) in [6.45, 7) is 2.53. The smallest absolute Gasteiger partial charge is 0.252 e. The summed E-state index contributed by atoms with van der Waals surface area (Å²) in [5.74, 6) is -0.0148. The third-order valence-electron chi connectivity index (χ3n) is 3.07. The first-order chi connectivity index (χ1) is 9.18. The molecular weight excluding hydrogens is 256 g/mol. The summed E-state index contributed by atoms with van der Waals surface area (Å²) in [6, 6.07) is 9.90. The summed E-state index contributed by atoms with van der Waals surface area (Å²) in [5.41, 5.74) is 8.97. The van der Waals surface area contributed by atoms with E-state index in [4.69, 9.17) is 5.73 Å². The summed E-state index contributed by atoms with van der Waals surface area (Å²) < 4.78 is 0. The van der Waals surface area contributed by atoms with Crippen LogP contribution in [0.2, 0.25) is 0 Å². The standard InChI is InChI=1S/C15H18N2OS/c1-11-9-19-10-13(11)15(18)17-8-7-14(16)12-5-3-2-4-6-12/h2-6,9-10,14H,7-8,16H2,1H3,(H,17,18). The van der Waals surface area contributed by atoms with Crippen LogP contribution in [-0.2, 0) is 0 Å². The molecule has 0 fully saturated rings. The van der Waals surface area contributed by atoms with E-state index in [1.165, 1.54) is 0 Å². The minimum atomic E-state index is -0.0370. The maximum absolute atomic E-state index is 11.9. The lowest BCUT2D eigenvalue weighted by Gasteiger charge is -2.12. The molecule has 19 heavy (non-hydrogen) atoms. The van der Waals surface area contributed by atoms with Crippen LogP contribution in [0.25, 0.3) is 0 Å². The highest BCUT2D eigenvalue weighted by Crippen LogP contribution is 2.14. The van der Waals surface area contributed by atoms with Crippen molar-refractivity contribution in [2.45, 2.75) is 19.4 Å². The zero-order valence-corrected chi connectivity index (χ0v) is 11.7. The number of carbonyl (C=O) groups excluding carboxylic acids is 1. The van der Waals surface area contributed by atoms with Crippen LogP contribution >= 0.6 is 11.3 Å². The molecule has 2 aromatic rings. The highest BCUT2D eigenvalue weighted by atomic mass is 32.1. The van der Waals surface area contributed by atoms with Crippen molar-refractivity contribution in [1.29, 1.82) is 0 Å². The number of hydrogen-bond donors (Lipinski definition) is 2. The van der Waals surface area contributed by atoms with E-state index < -0.39 is 0 Å². The zero-order valence-electron chi connectivity index (χ0n) is 10.9. The molecule has 0 bridgehead atoms. The molecule has 0 radical (unpaired) electrons. The molecule has 0 aliphatic carbocycles. The first-order valence-electron chi connectivity index (χ1n) is 6.30. The average molecular weight is 274 g/mol. The average Bonchev–Trinajstić information content (AvgIpc) is 2.86. The molecule has 4 heteroatoms. The number of aryl methyl sites for hydroxylation is 1. The number of hydrogen-bond acceptors (Lipinski definition) is 3. The number of carbonyl (C=O) groups is 1. The predicted molar refractivity (Wildman–Crippen MR) is 79.4 cm³/mol. The van der Waals surface area contributed by atoms with Gasteiger partial charge < -0.3 is 11.1 Å². The Bertz CT molecular complexity index is 536. The van der Waals surface area contributed by atoms with E-state index in [0.717, 1.165) is 23.1 Å². The molecule has 0 spiro atoms. The lowest BCUT2D eigenvalue weighted by atomic mass is 10.1. The van der Waals surface area contributed by atoms with Gasteiger partial charge in [-0.3, -0.25) is 4.79 Å². The quantitative estimate of drug-likeness (QED) is 0.881. The van der Waals surface area contributed by atoms with Crippen LogP contribution in [0.5, 0.6) is 0 Å². The molecule has 0 aliphatic rings. The second-order valence-electron chi connectivity index (χ2n) is 4.53. The molecule has 3 nitrogen and oxygen atoms in total. The van der Waals surface area contributed by atoms with Gasteiger partial charge in [0.2, 0.25) is 0 Å². The van der Waals surface area contributed by atoms with Gasteiger partial charge in [-0.05, 0) is 29.9 Å². The van der Waals surface area contributed by atoms with Crippen LogP contribution in [0.4, 0.5) is 0 Å². The molecule has 1 aromatic heterocycles. The van der Waals surface area contributed by atoms with Crippen molar-refractivity contribution in [2.75, 3.05) is 6.54 Å². The minimum absolute atomic E-state index is 0.0148. The normalized spacial score (nSPS) is 12.1. The fourth-order valence-electron chi connectivity index (χ4n) is 1.90.